The number of nitrogens with zero attached hydrogens (tertiary/aromatic N) is 2. The molecule has 1 saturated carbocycles. The first kappa shape index (κ1) is 14.1. The summed E-state index contributed by atoms with van der Waals surface area (Å²) in [6.07, 6.45) is 3.94. The molecule has 1 aromatic heterocycles. The van der Waals surface area contributed by atoms with Crippen molar-refractivity contribution >= 4 is 17.0 Å². The molecule has 1 heterocycles. The van der Waals surface area contributed by atoms with Gasteiger partial charge in [-0.15, -0.1) is 0 Å². The van der Waals surface area contributed by atoms with Crippen LogP contribution >= 0.6 is 0 Å². The SMILES string of the molecule is CCNC(Cn1cnc2ccccc21)(C(=O)OC)C1CC1. The van der Waals surface area contributed by atoms with E-state index in [4.69, 9.17) is 4.74 Å². The Hall–Kier alpha value is -1.88. The van der Waals surface area contributed by atoms with Crippen LogP contribution in [0.4, 0.5) is 0 Å². The van der Waals surface area contributed by atoms with Gasteiger partial charge in [0.25, 0.3) is 0 Å². The standard InChI is InChI=1S/C16H21N3O2/c1-3-18-16(12-8-9-12,15(20)21-2)10-19-11-17-13-6-4-5-7-14(13)19/h4-7,11-12,18H,3,8-10H2,1-2H3. The van der Waals surface area contributed by atoms with Crippen LogP contribution in [0.15, 0.2) is 30.6 Å². The van der Waals surface area contributed by atoms with Gasteiger partial charge in [0, 0.05) is 0 Å². The van der Waals surface area contributed by atoms with Gasteiger partial charge in [0.2, 0.25) is 0 Å². The van der Waals surface area contributed by atoms with E-state index in [1.54, 1.807) is 0 Å². The number of hydrogen-bond acceptors (Lipinski definition) is 4. The van der Waals surface area contributed by atoms with Gasteiger partial charge >= 0.3 is 5.97 Å². The van der Waals surface area contributed by atoms with Gasteiger partial charge in [-0.25, -0.2) is 9.78 Å². The minimum absolute atomic E-state index is 0.176. The number of para-hydroxylation sites is 2. The van der Waals surface area contributed by atoms with Gasteiger partial charge < -0.3 is 14.6 Å². The second-order valence-electron chi connectivity index (χ2n) is 5.63. The molecule has 1 aliphatic carbocycles. The molecule has 0 amide bonds. The third-order valence-electron chi connectivity index (χ3n) is 4.26. The molecule has 0 radical (unpaired) electrons. The number of aromatic nitrogens is 2. The van der Waals surface area contributed by atoms with Crippen LogP contribution < -0.4 is 5.32 Å². The highest BCUT2D eigenvalue weighted by Crippen LogP contribution is 2.41. The van der Waals surface area contributed by atoms with Crippen molar-refractivity contribution in [3.05, 3.63) is 30.6 Å². The molecule has 5 nitrogen and oxygen atoms in total. The van der Waals surface area contributed by atoms with E-state index in [2.05, 4.69) is 10.3 Å². The molecule has 1 fully saturated rings. The lowest BCUT2D eigenvalue weighted by Gasteiger charge is -2.32. The highest BCUT2D eigenvalue weighted by atomic mass is 16.5. The summed E-state index contributed by atoms with van der Waals surface area (Å²) in [5, 5.41) is 3.39. The summed E-state index contributed by atoms with van der Waals surface area (Å²) in [4.78, 5) is 16.9. The largest absolute Gasteiger partial charge is 0.468 e. The zero-order valence-electron chi connectivity index (χ0n) is 12.5. The molecular weight excluding hydrogens is 266 g/mol. The number of imidazole rings is 1. The van der Waals surface area contributed by atoms with E-state index in [9.17, 15) is 4.79 Å². The Morgan fingerprint density at radius 2 is 2.24 bits per heavy atom. The predicted molar refractivity (Wildman–Crippen MR) is 80.9 cm³/mol. The third-order valence-corrected chi connectivity index (χ3v) is 4.26. The summed E-state index contributed by atoms with van der Waals surface area (Å²) in [6, 6.07) is 7.97. The fraction of sp³-hybridized carbons (Fsp3) is 0.500. The summed E-state index contributed by atoms with van der Waals surface area (Å²) in [6.45, 7) is 3.31. The van der Waals surface area contributed by atoms with Crippen molar-refractivity contribution in [1.29, 1.82) is 0 Å². The quantitative estimate of drug-likeness (QED) is 0.825. The number of benzene rings is 1. The summed E-state index contributed by atoms with van der Waals surface area (Å²) >= 11 is 0. The summed E-state index contributed by atoms with van der Waals surface area (Å²) in [5.74, 6) is 0.163. The number of esters is 1. The number of likely N-dealkylation sites (N-methyl/N-ethyl adjacent to an activating group) is 1. The van der Waals surface area contributed by atoms with Crippen LogP contribution in [0.2, 0.25) is 0 Å². The van der Waals surface area contributed by atoms with Crippen LogP contribution in [0.25, 0.3) is 11.0 Å². The molecule has 5 heteroatoms. The molecular formula is C16H21N3O2. The Balaban J connectivity index is 1.99. The maximum Gasteiger partial charge on any atom is 0.328 e. The Labute approximate surface area is 124 Å². The topological polar surface area (TPSA) is 56.2 Å². The van der Waals surface area contributed by atoms with Crippen molar-refractivity contribution < 1.29 is 9.53 Å². The first-order valence-corrected chi connectivity index (χ1v) is 7.44. The van der Waals surface area contributed by atoms with E-state index >= 15 is 0 Å². The van der Waals surface area contributed by atoms with Crippen LogP contribution in [-0.2, 0) is 16.1 Å². The summed E-state index contributed by atoms with van der Waals surface area (Å²) < 4.78 is 7.14. The molecule has 0 spiro atoms. The van der Waals surface area contributed by atoms with Crippen LogP contribution in [0.1, 0.15) is 19.8 Å². The highest BCUT2D eigenvalue weighted by molar-refractivity contribution is 5.82. The van der Waals surface area contributed by atoms with Crippen LogP contribution in [0, 0.1) is 5.92 Å². The number of ether oxygens (including phenoxy) is 1. The lowest BCUT2D eigenvalue weighted by molar-refractivity contribution is -0.150. The zero-order valence-corrected chi connectivity index (χ0v) is 12.5. The second kappa shape index (κ2) is 5.48. The molecule has 1 atom stereocenters. The van der Waals surface area contributed by atoms with Crippen molar-refractivity contribution in [2.75, 3.05) is 13.7 Å². The third kappa shape index (κ3) is 2.42. The summed E-state index contributed by atoms with van der Waals surface area (Å²) in [5.41, 5.74) is 1.35. The minimum atomic E-state index is -0.646. The number of fused-ring (bicyclic) bond motifs is 1. The van der Waals surface area contributed by atoms with Gasteiger partial charge in [-0.05, 0) is 37.4 Å². The minimum Gasteiger partial charge on any atom is -0.468 e. The molecule has 1 aliphatic rings. The van der Waals surface area contributed by atoms with Crippen molar-refractivity contribution in [3.8, 4) is 0 Å². The van der Waals surface area contributed by atoms with Gasteiger partial charge in [-0.2, -0.15) is 0 Å². The van der Waals surface area contributed by atoms with Crippen LogP contribution in [0.5, 0.6) is 0 Å². The van der Waals surface area contributed by atoms with E-state index in [-0.39, 0.29) is 5.97 Å². The van der Waals surface area contributed by atoms with E-state index < -0.39 is 5.54 Å². The molecule has 2 aromatic rings. The van der Waals surface area contributed by atoms with Gasteiger partial charge in [0.05, 0.1) is 31.0 Å². The monoisotopic (exact) mass is 287 g/mol. The highest BCUT2D eigenvalue weighted by Gasteiger charge is 2.51. The molecule has 3 rings (SSSR count). The lowest BCUT2D eigenvalue weighted by Crippen LogP contribution is -2.57. The number of carbonyl (C=O) groups excluding carboxylic acids is 1. The molecule has 112 valence electrons. The molecule has 1 N–H and O–H groups in total. The first-order valence-electron chi connectivity index (χ1n) is 7.44. The fourth-order valence-corrected chi connectivity index (χ4v) is 3.11. The van der Waals surface area contributed by atoms with E-state index in [1.165, 1.54) is 7.11 Å². The van der Waals surface area contributed by atoms with Gasteiger partial charge in [-0.1, -0.05) is 19.1 Å². The van der Waals surface area contributed by atoms with Gasteiger partial charge in [0.15, 0.2) is 0 Å². The van der Waals surface area contributed by atoms with Crippen molar-refractivity contribution in [3.63, 3.8) is 0 Å². The number of rotatable bonds is 6. The average molecular weight is 287 g/mol. The van der Waals surface area contributed by atoms with E-state index in [0.717, 1.165) is 30.4 Å². The van der Waals surface area contributed by atoms with Crippen molar-refractivity contribution in [2.45, 2.75) is 31.8 Å². The molecule has 0 saturated heterocycles. The smallest absolute Gasteiger partial charge is 0.328 e. The Morgan fingerprint density at radius 3 is 2.90 bits per heavy atom. The maximum absolute atomic E-state index is 12.4. The first-order chi connectivity index (χ1) is 10.2. The number of carbonyl (C=O) groups is 1. The van der Waals surface area contributed by atoms with E-state index in [0.29, 0.717) is 12.5 Å². The van der Waals surface area contributed by atoms with Crippen LogP contribution in [0.3, 0.4) is 0 Å². The Morgan fingerprint density at radius 1 is 1.48 bits per heavy atom. The average Bonchev–Trinajstić information content (AvgIpc) is 3.29. The molecule has 21 heavy (non-hydrogen) atoms. The van der Waals surface area contributed by atoms with Gasteiger partial charge in [-0.3, -0.25) is 0 Å². The molecule has 0 aliphatic heterocycles. The lowest BCUT2D eigenvalue weighted by atomic mass is 9.92. The second-order valence-corrected chi connectivity index (χ2v) is 5.63. The van der Waals surface area contributed by atoms with Crippen LogP contribution in [-0.4, -0.2) is 34.7 Å². The zero-order chi connectivity index (χ0) is 14.9. The van der Waals surface area contributed by atoms with E-state index in [1.807, 2.05) is 42.1 Å². The molecule has 1 aromatic carbocycles. The van der Waals surface area contributed by atoms with Gasteiger partial charge in [0.1, 0.15) is 5.54 Å². The number of hydrogen-bond donors (Lipinski definition) is 1. The number of methoxy groups -OCH3 is 1. The summed E-state index contributed by atoms with van der Waals surface area (Å²) in [7, 11) is 1.46. The van der Waals surface area contributed by atoms with Crippen molar-refractivity contribution in [1.82, 2.24) is 14.9 Å². The Kier molecular flexibility index (Phi) is 3.68. The number of nitrogens with one attached hydrogen (secondary N) is 1. The Bertz CT molecular complexity index is 648. The van der Waals surface area contributed by atoms with Crippen molar-refractivity contribution in [2.24, 2.45) is 5.92 Å². The maximum atomic E-state index is 12.4. The predicted octanol–water partition coefficient (Wildman–Crippen LogP) is 1.97. The normalized spacial score (nSPS) is 17.6. The molecule has 1 unspecified atom stereocenters. The molecule has 0 bridgehead atoms. The fourth-order valence-electron chi connectivity index (χ4n) is 3.11.